The van der Waals surface area contributed by atoms with E-state index >= 15 is 0 Å². The fourth-order valence-electron chi connectivity index (χ4n) is 4.27. The van der Waals surface area contributed by atoms with Crippen LogP contribution >= 0.6 is 0 Å². The molecule has 0 aromatic rings. The van der Waals surface area contributed by atoms with Crippen molar-refractivity contribution >= 4 is 17.9 Å². The molecular formula is C26H47N3O5. The number of ether oxygens (including phenoxy) is 1. The molecule has 0 radical (unpaired) electrons. The van der Waals surface area contributed by atoms with Crippen molar-refractivity contribution in [3.05, 3.63) is 12.2 Å². The highest BCUT2D eigenvalue weighted by atomic mass is 16.6. The highest BCUT2D eigenvalue weighted by molar-refractivity contribution is 5.86. The van der Waals surface area contributed by atoms with E-state index < -0.39 is 18.2 Å². The fourth-order valence-corrected chi connectivity index (χ4v) is 4.27. The van der Waals surface area contributed by atoms with Crippen LogP contribution in [0.15, 0.2) is 12.2 Å². The van der Waals surface area contributed by atoms with Gasteiger partial charge in [-0.2, -0.15) is 0 Å². The van der Waals surface area contributed by atoms with Gasteiger partial charge >= 0.3 is 6.09 Å². The van der Waals surface area contributed by atoms with Gasteiger partial charge in [0.05, 0.1) is 12.6 Å². The van der Waals surface area contributed by atoms with Crippen LogP contribution in [0.4, 0.5) is 4.79 Å². The van der Waals surface area contributed by atoms with Crippen molar-refractivity contribution in [2.45, 2.75) is 110 Å². The predicted octanol–water partition coefficient (Wildman–Crippen LogP) is 3.83. The van der Waals surface area contributed by atoms with Crippen LogP contribution in [0, 0.1) is 11.8 Å². The lowest BCUT2D eigenvalue weighted by atomic mass is 9.94. The lowest BCUT2D eigenvalue weighted by Crippen LogP contribution is -2.52. The number of carbonyl (C=O) groups excluding carboxylic acids is 3. The molecule has 0 saturated carbocycles. The first-order valence-electron chi connectivity index (χ1n) is 13.1. The van der Waals surface area contributed by atoms with Crippen LogP contribution in [-0.2, 0) is 14.3 Å². The van der Waals surface area contributed by atoms with Gasteiger partial charge in [-0.1, -0.05) is 58.6 Å². The van der Waals surface area contributed by atoms with Crippen molar-refractivity contribution in [2.75, 3.05) is 13.7 Å². The number of carbonyl (C=O) groups is 3. The number of allylic oxidation sites excluding steroid dienone is 2. The molecule has 1 aliphatic rings. The van der Waals surface area contributed by atoms with Gasteiger partial charge in [0.1, 0.15) is 12.1 Å². The number of hydrogen-bond donors (Lipinski definition) is 4. The SMILES string of the molecule is CCCCCCCC1CC/C=C\CC(C(=O)NC)C[C@@H](CO)NC(=O)[C@H](CC(C)C)NC(=O)O1. The second-order valence-electron chi connectivity index (χ2n) is 9.78. The fraction of sp³-hybridized carbons (Fsp3) is 0.808. The van der Waals surface area contributed by atoms with Crippen molar-refractivity contribution in [1.29, 1.82) is 0 Å². The second-order valence-corrected chi connectivity index (χ2v) is 9.78. The smallest absolute Gasteiger partial charge is 0.408 e. The summed E-state index contributed by atoms with van der Waals surface area (Å²) in [7, 11) is 1.59. The van der Waals surface area contributed by atoms with E-state index in [1.807, 2.05) is 26.0 Å². The highest BCUT2D eigenvalue weighted by Gasteiger charge is 2.28. The molecule has 0 saturated heterocycles. The predicted molar refractivity (Wildman–Crippen MR) is 134 cm³/mol. The summed E-state index contributed by atoms with van der Waals surface area (Å²) in [5.41, 5.74) is 0. The first kappa shape index (κ1) is 29.9. The summed E-state index contributed by atoms with van der Waals surface area (Å²) in [5, 5.41) is 18.1. The van der Waals surface area contributed by atoms with E-state index in [1.54, 1.807) is 7.05 Å². The Labute approximate surface area is 205 Å². The van der Waals surface area contributed by atoms with Gasteiger partial charge in [-0.15, -0.1) is 0 Å². The Morgan fingerprint density at radius 2 is 1.91 bits per heavy atom. The van der Waals surface area contributed by atoms with E-state index in [2.05, 4.69) is 22.9 Å². The summed E-state index contributed by atoms with van der Waals surface area (Å²) in [6, 6.07) is -1.36. The molecule has 0 spiro atoms. The van der Waals surface area contributed by atoms with E-state index in [1.165, 1.54) is 19.3 Å². The number of hydrogen-bond acceptors (Lipinski definition) is 5. The number of aliphatic hydroxyl groups excluding tert-OH is 1. The molecule has 1 aliphatic heterocycles. The molecule has 1 heterocycles. The first-order chi connectivity index (χ1) is 16.3. The van der Waals surface area contributed by atoms with Gasteiger partial charge in [-0.25, -0.2) is 4.79 Å². The Morgan fingerprint density at radius 1 is 1.18 bits per heavy atom. The van der Waals surface area contributed by atoms with Crippen LogP contribution < -0.4 is 16.0 Å². The number of aliphatic hydroxyl groups is 1. The molecule has 4 N–H and O–H groups in total. The van der Waals surface area contributed by atoms with Crippen molar-refractivity contribution in [2.24, 2.45) is 11.8 Å². The Hall–Kier alpha value is -2.09. The summed E-state index contributed by atoms with van der Waals surface area (Å²) in [4.78, 5) is 38.1. The molecule has 0 aliphatic carbocycles. The van der Waals surface area contributed by atoms with Gasteiger partial charge < -0.3 is 25.8 Å². The average molecular weight is 482 g/mol. The lowest BCUT2D eigenvalue weighted by molar-refractivity contribution is -0.127. The summed E-state index contributed by atoms with van der Waals surface area (Å²) in [5.74, 6) is -0.695. The van der Waals surface area contributed by atoms with Gasteiger partial charge in [-0.05, 0) is 50.9 Å². The first-order valence-corrected chi connectivity index (χ1v) is 13.1. The molecule has 3 amide bonds. The molecular weight excluding hydrogens is 434 g/mol. The number of amides is 3. The molecule has 2 unspecified atom stereocenters. The monoisotopic (exact) mass is 481 g/mol. The molecule has 8 heteroatoms. The zero-order valence-corrected chi connectivity index (χ0v) is 21.6. The third-order valence-corrected chi connectivity index (χ3v) is 6.21. The normalized spacial score (nSPS) is 25.9. The van der Waals surface area contributed by atoms with Crippen LogP contribution in [0.25, 0.3) is 0 Å². The second kappa shape index (κ2) is 17.4. The number of unbranched alkanes of at least 4 members (excludes halogenated alkanes) is 4. The third-order valence-electron chi connectivity index (χ3n) is 6.21. The minimum atomic E-state index is -0.770. The molecule has 0 aromatic heterocycles. The van der Waals surface area contributed by atoms with Gasteiger partial charge in [0.2, 0.25) is 11.8 Å². The summed E-state index contributed by atoms with van der Waals surface area (Å²) < 4.78 is 5.75. The zero-order valence-electron chi connectivity index (χ0n) is 21.6. The maximum Gasteiger partial charge on any atom is 0.408 e. The van der Waals surface area contributed by atoms with Gasteiger partial charge in [-0.3, -0.25) is 9.59 Å². The summed E-state index contributed by atoms with van der Waals surface area (Å²) in [6.45, 7) is 5.85. The molecule has 0 fully saturated rings. The van der Waals surface area contributed by atoms with Crippen LogP contribution in [0.3, 0.4) is 0 Å². The molecule has 1 rings (SSSR count). The van der Waals surface area contributed by atoms with Crippen LogP contribution in [0.1, 0.15) is 91.4 Å². The molecule has 0 aromatic carbocycles. The van der Waals surface area contributed by atoms with Crippen molar-refractivity contribution in [1.82, 2.24) is 16.0 Å². The molecule has 4 atom stereocenters. The molecule has 0 bridgehead atoms. The number of alkyl carbamates (subject to hydrolysis) is 1. The van der Waals surface area contributed by atoms with Gasteiger partial charge in [0.15, 0.2) is 0 Å². The number of rotatable bonds is 10. The number of cyclic esters (lactones) is 1. The highest BCUT2D eigenvalue weighted by Crippen LogP contribution is 2.18. The minimum absolute atomic E-state index is 0.123. The van der Waals surface area contributed by atoms with Gasteiger partial charge in [0, 0.05) is 13.0 Å². The summed E-state index contributed by atoms with van der Waals surface area (Å²) in [6.07, 6.45) is 12.4. The standard InChI is InChI=1S/C26H47N3O5/c1-5-6-7-8-11-14-22-15-12-9-10-13-20(24(31)27-4)17-21(18-30)28-25(32)23(16-19(2)3)29-26(33)34-22/h9-10,19-23,30H,5-8,11-18H2,1-4H3,(H,27,31)(H,28,32)(H,29,33)/b10-9-/t20?,21-,22?,23-/m0/s1. The van der Waals surface area contributed by atoms with E-state index in [0.29, 0.717) is 25.7 Å². The Balaban J connectivity index is 3.01. The molecule has 8 nitrogen and oxygen atoms in total. The molecule has 196 valence electrons. The average Bonchev–Trinajstić information content (AvgIpc) is 2.80. The van der Waals surface area contributed by atoms with E-state index in [9.17, 15) is 19.5 Å². The van der Waals surface area contributed by atoms with Crippen molar-refractivity contribution in [3.8, 4) is 0 Å². The van der Waals surface area contributed by atoms with Crippen LogP contribution in [0.2, 0.25) is 0 Å². The lowest BCUT2D eigenvalue weighted by Gasteiger charge is -2.26. The molecule has 34 heavy (non-hydrogen) atoms. The minimum Gasteiger partial charge on any atom is -0.446 e. The largest absolute Gasteiger partial charge is 0.446 e. The quantitative estimate of drug-likeness (QED) is 0.279. The topological polar surface area (TPSA) is 117 Å². The summed E-state index contributed by atoms with van der Waals surface area (Å²) >= 11 is 0. The maximum atomic E-state index is 13.0. The van der Waals surface area contributed by atoms with E-state index in [0.717, 1.165) is 25.7 Å². The Morgan fingerprint density at radius 3 is 2.56 bits per heavy atom. The maximum absolute atomic E-state index is 13.0. The van der Waals surface area contributed by atoms with Gasteiger partial charge in [0.25, 0.3) is 0 Å². The van der Waals surface area contributed by atoms with Crippen LogP contribution in [-0.4, -0.2) is 54.9 Å². The zero-order chi connectivity index (χ0) is 25.3. The third kappa shape index (κ3) is 12.4. The Bertz CT molecular complexity index is 638. The van der Waals surface area contributed by atoms with Crippen molar-refractivity contribution < 1.29 is 24.2 Å². The van der Waals surface area contributed by atoms with Crippen LogP contribution in [0.5, 0.6) is 0 Å². The number of nitrogens with one attached hydrogen (secondary N) is 3. The van der Waals surface area contributed by atoms with E-state index in [-0.39, 0.29) is 36.4 Å². The Kier molecular flexibility index (Phi) is 15.3. The van der Waals surface area contributed by atoms with E-state index in [4.69, 9.17) is 4.74 Å². The van der Waals surface area contributed by atoms with Crippen molar-refractivity contribution in [3.63, 3.8) is 0 Å².